The van der Waals surface area contributed by atoms with Crippen molar-refractivity contribution in [1.29, 1.82) is 0 Å². The Morgan fingerprint density at radius 1 is 1.32 bits per heavy atom. The van der Waals surface area contributed by atoms with Gasteiger partial charge in [-0.3, -0.25) is 4.79 Å². The molecule has 0 saturated heterocycles. The van der Waals surface area contributed by atoms with E-state index < -0.39 is 0 Å². The van der Waals surface area contributed by atoms with E-state index in [1.54, 1.807) is 11.3 Å². The Balaban J connectivity index is 1.60. The summed E-state index contributed by atoms with van der Waals surface area (Å²) in [5.41, 5.74) is 4.15. The average Bonchev–Trinajstić information content (AvgIpc) is 3.25. The molecule has 130 valence electrons. The summed E-state index contributed by atoms with van der Waals surface area (Å²) in [5.74, 6) is 0.536. The lowest BCUT2D eigenvalue weighted by molar-refractivity contribution is 0.0918. The van der Waals surface area contributed by atoms with Crippen molar-refractivity contribution >= 4 is 27.3 Å². The van der Waals surface area contributed by atoms with Crippen LogP contribution in [0.2, 0.25) is 0 Å². The predicted octanol–water partition coefficient (Wildman–Crippen LogP) is 3.88. The third-order valence-corrected chi connectivity index (χ3v) is 6.20. The first-order valence-electron chi connectivity index (χ1n) is 8.68. The lowest BCUT2D eigenvalue weighted by Gasteiger charge is -2.08. The number of hydrogen-bond donors (Lipinski definition) is 0. The van der Waals surface area contributed by atoms with Crippen molar-refractivity contribution in [2.75, 3.05) is 6.61 Å². The van der Waals surface area contributed by atoms with Gasteiger partial charge in [-0.2, -0.15) is 0 Å². The van der Waals surface area contributed by atoms with Gasteiger partial charge in [-0.25, -0.2) is 9.97 Å². The highest BCUT2D eigenvalue weighted by molar-refractivity contribution is 7.18. The van der Waals surface area contributed by atoms with E-state index in [1.807, 2.05) is 19.9 Å². The van der Waals surface area contributed by atoms with E-state index in [-0.39, 0.29) is 12.4 Å². The zero-order valence-electron chi connectivity index (χ0n) is 14.8. The quantitative estimate of drug-likeness (QED) is 0.652. The minimum Gasteiger partial charge on any atom is -0.469 e. The Bertz CT molecular complexity index is 971. The van der Waals surface area contributed by atoms with Crippen molar-refractivity contribution in [2.24, 2.45) is 0 Å². The summed E-state index contributed by atoms with van der Waals surface area (Å²) in [4.78, 5) is 23.7. The second-order valence-electron chi connectivity index (χ2n) is 6.46. The molecule has 0 atom stereocenters. The van der Waals surface area contributed by atoms with Gasteiger partial charge >= 0.3 is 0 Å². The molecule has 0 spiro atoms. The fraction of sp³-hybridized carbons (Fsp3) is 0.421. The highest BCUT2D eigenvalue weighted by Crippen LogP contribution is 2.39. The Morgan fingerprint density at radius 2 is 2.16 bits per heavy atom. The first-order valence-corrected chi connectivity index (χ1v) is 9.49. The molecule has 0 radical (unpaired) electrons. The van der Waals surface area contributed by atoms with Gasteiger partial charge in [-0.05, 0) is 51.7 Å². The molecule has 3 aromatic rings. The van der Waals surface area contributed by atoms with E-state index in [4.69, 9.17) is 4.74 Å². The molecule has 0 bridgehead atoms. The van der Waals surface area contributed by atoms with Crippen LogP contribution in [-0.4, -0.2) is 26.9 Å². The lowest BCUT2D eigenvalue weighted by Crippen LogP contribution is -2.13. The largest absolute Gasteiger partial charge is 0.469 e. The van der Waals surface area contributed by atoms with E-state index in [9.17, 15) is 4.79 Å². The number of ketones is 1. The first kappa shape index (κ1) is 16.3. The number of aromatic nitrogens is 3. The third-order valence-electron chi connectivity index (χ3n) is 5.00. The molecule has 0 unspecified atom stereocenters. The fourth-order valence-electron chi connectivity index (χ4n) is 3.79. The molecule has 0 aliphatic heterocycles. The van der Waals surface area contributed by atoms with Crippen molar-refractivity contribution in [3.05, 3.63) is 39.8 Å². The Kier molecular flexibility index (Phi) is 4.07. The summed E-state index contributed by atoms with van der Waals surface area (Å²) in [7, 11) is 0. The molecule has 0 fully saturated rings. The summed E-state index contributed by atoms with van der Waals surface area (Å²) in [6.45, 7) is 6.96. The molecule has 25 heavy (non-hydrogen) atoms. The highest BCUT2D eigenvalue weighted by Gasteiger charge is 2.23. The maximum absolute atomic E-state index is 12.6. The molecule has 3 aromatic heterocycles. The molecular weight excluding hydrogens is 334 g/mol. The smallest absolute Gasteiger partial charge is 0.226 e. The maximum atomic E-state index is 12.6. The Morgan fingerprint density at radius 3 is 2.92 bits per heavy atom. The van der Waals surface area contributed by atoms with Gasteiger partial charge in [0, 0.05) is 28.4 Å². The molecule has 0 amide bonds. The normalized spacial score (nSPS) is 13.4. The third kappa shape index (κ3) is 2.65. The molecule has 4 rings (SSSR count). The van der Waals surface area contributed by atoms with Crippen LogP contribution in [0.3, 0.4) is 0 Å². The molecular formula is C19H21N3O2S. The number of aryl methyl sites for hydroxylation is 3. The van der Waals surface area contributed by atoms with Crippen LogP contribution < -0.4 is 4.74 Å². The van der Waals surface area contributed by atoms with Crippen molar-refractivity contribution in [3.63, 3.8) is 0 Å². The van der Waals surface area contributed by atoms with Crippen LogP contribution in [0.15, 0.2) is 12.4 Å². The second-order valence-corrected chi connectivity index (χ2v) is 7.54. The second kappa shape index (κ2) is 6.26. The van der Waals surface area contributed by atoms with Gasteiger partial charge in [0.25, 0.3) is 0 Å². The van der Waals surface area contributed by atoms with E-state index in [1.165, 1.54) is 23.2 Å². The molecule has 1 aliphatic carbocycles. The number of hydrogen-bond acceptors (Lipinski definition) is 5. The van der Waals surface area contributed by atoms with E-state index in [0.717, 1.165) is 46.6 Å². The van der Waals surface area contributed by atoms with Gasteiger partial charge in [0.1, 0.15) is 11.2 Å². The number of Topliss-reactive ketones (excluding diaryl/α,β-unsaturated/α-hetero) is 1. The van der Waals surface area contributed by atoms with Crippen molar-refractivity contribution in [2.45, 2.75) is 46.6 Å². The van der Waals surface area contributed by atoms with Gasteiger partial charge < -0.3 is 9.30 Å². The molecule has 6 heteroatoms. The maximum Gasteiger partial charge on any atom is 0.226 e. The van der Waals surface area contributed by atoms with Gasteiger partial charge in [0.05, 0.1) is 5.39 Å². The zero-order valence-corrected chi connectivity index (χ0v) is 15.6. The minimum absolute atomic E-state index is 0.00470. The summed E-state index contributed by atoms with van der Waals surface area (Å²) in [6.07, 6.45) is 4.85. The standard InChI is InChI=1S/C19H21N3O2S/c1-4-22-11(2)8-14(12(22)3)15(23)9-24-18-17-13-6-5-7-16(13)25-19(17)21-10-20-18/h8,10H,4-7,9H2,1-3H3. The highest BCUT2D eigenvalue weighted by atomic mass is 32.1. The van der Waals surface area contributed by atoms with E-state index in [2.05, 4.69) is 21.5 Å². The average molecular weight is 355 g/mol. The number of thiophene rings is 1. The number of ether oxygens (including phenoxy) is 1. The van der Waals surface area contributed by atoms with E-state index in [0.29, 0.717) is 5.88 Å². The summed E-state index contributed by atoms with van der Waals surface area (Å²) in [6, 6.07) is 1.95. The van der Waals surface area contributed by atoms with Crippen LogP contribution in [0.1, 0.15) is 45.5 Å². The zero-order chi connectivity index (χ0) is 17.6. The van der Waals surface area contributed by atoms with Gasteiger partial charge in [0.15, 0.2) is 6.61 Å². The monoisotopic (exact) mass is 355 g/mol. The van der Waals surface area contributed by atoms with Crippen LogP contribution in [0, 0.1) is 13.8 Å². The number of fused-ring (bicyclic) bond motifs is 3. The lowest BCUT2D eigenvalue weighted by atomic mass is 10.1. The van der Waals surface area contributed by atoms with Crippen LogP contribution in [0.25, 0.3) is 10.2 Å². The summed E-state index contributed by atoms with van der Waals surface area (Å²) < 4.78 is 7.99. The van der Waals surface area contributed by atoms with Crippen LogP contribution in [0.5, 0.6) is 5.88 Å². The van der Waals surface area contributed by atoms with Gasteiger partial charge in [-0.15, -0.1) is 11.3 Å². The van der Waals surface area contributed by atoms with Gasteiger partial charge in [0.2, 0.25) is 11.7 Å². The predicted molar refractivity (Wildman–Crippen MR) is 98.8 cm³/mol. The molecule has 0 N–H and O–H groups in total. The molecule has 1 aliphatic rings. The van der Waals surface area contributed by atoms with E-state index >= 15 is 0 Å². The summed E-state index contributed by atoms with van der Waals surface area (Å²) in [5, 5.41) is 1.01. The molecule has 0 saturated carbocycles. The molecule has 0 aromatic carbocycles. The Hall–Kier alpha value is -2.21. The minimum atomic E-state index is -0.00793. The van der Waals surface area contributed by atoms with Crippen LogP contribution in [0.4, 0.5) is 0 Å². The fourth-order valence-corrected chi connectivity index (χ4v) is 5.01. The Labute approximate surface area is 150 Å². The number of carbonyl (C=O) groups is 1. The number of rotatable bonds is 5. The van der Waals surface area contributed by atoms with Crippen molar-refractivity contribution < 1.29 is 9.53 Å². The van der Waals surface area contributed by atoms with Gasteiger partial charge in [-0.1, -0.05) is 0 Å². The SMILES string of the molecule is CCn1c(C)cc(C(=O)COc2ncnc3sc4c(c23)CCC4)c1C. The van der Waals surface area contributed by atoms with Crippen LogP contribution >= 0.6 is 11.3 Å². The number of carbonyl (C=O) groups excluding carboxylic acids is 1. The van der Waals surface area contributed by atoms with Crippen LogP contribution in [-0.2, 0) is 19.4 Å². The van der Waals surface area contributed by atoms with Crippen molar-refractivity contribution in [3.8, 4) is 5.88 Å². The summed E-state index contributed by atoms with van der Waals surface area (Å²) >= 11 is 1.72. The first-order chi connectivity index (χ1) is 12.1. The topological polar surface area (TPSA) is 57.0 Å². The molecule has 5 nitrogen and oxygen atoms in total. The van der Waals surface area contributed by atoms with Crippen molar-refractivity contribution in [1.82, 2.24) is 14.5 Å². The number of nitrogens with zero attached hydrogens (tertiary/aromatic N) is 3. The molecule has 3 heterocycles.